The summed E-state index contributed by atoms with van der Waals surface area (Å²) < 4.78 is 2.61. The van der Waals surface area contributed by atoms with Crippen LogP contribution in [-0.2, 0) is 4.79 Å². The molecular formula is C20H18BrN4O2S+. The number of hydrogen-bond acceptors (Lipinski definition) is 4. The number of para-hydroxylation sites is 1. The zero-order valence-electron chi connectivity index (χ0n) is 15.3. The average molecular weight is 458 g/mol. The van der Waals surface area contributed by atoms with Crippen molar-refractivity contribution in [1.82, 2.24) is 10.1 Å². The van der Waals surface area contributed by atoms with Gasteiger partial charge in [0.1, 0.15) is 0 Å². The van der Waals surface area contributed by atoms with E-state index in [0.717, 1.165) is 15.8 Å². The van der Waals surface area contributed by atoms with Crippen molar-refractivity contribution in [2.24, 2.45) is 0 Å². The monoisotopic (exact) mass is 457 g/mol. The lowest BCUT2D eigenvalue weighted by atomic mass is 10.0. The summed E-state index contributed by atoms with van der Waals surface area (Å²) in [6.07, 6.45) is -0.547. The number of carbonyl (C=O) groups excluding carboxylic acids is 1. The molecule has 2 heterocycles. The fourth-order valence-corrected chi connectivity index (χ4v) is 4.30. The van der Waals surface area contributed by atoms with Gasteiger partial charge in [-0.15, -0.1) is 0 Å². The number of hydrogen-bond donors (Lipinski definition) is 1. The van der Waals surface area contributed by atoms with Gasteiger partial charge in [0.25, 0.3) is 6.17 Å². The van der Waals surface area contributed by atoms with E-state index < -0.39 is 6.17 Å². The molecule has 0 spiro atoms. The standard InChI is InChI=1S/C20H17BrN4O2S/c1-3-28-20-22-18(27)17-15-6-4-5-7-16(15)24(12(2)26)19(25(17)23-20)13-8-10-14(21)11-9-13/h4-11,19H,3H2,1-2H3/p+1/t19-/m0/s1. The molecule has 2 aromatic carbocycles. The van der Waals surface area contributed by atoms with Crippen LogP contribution in [0.4, 0.5) is 5.69 Å². The Kier molecular flexibility index (Phi) is 5.07. The molecule has 3 aromatic rings. The van der Waals surface area contributed by atoms with E-state index in [0.29, 0.717) is 22.1 Å². The zero-order valence-corrected chi connectivity index (χ0v) is 17.8. The Morgan fingerprint density at radius 3 is 2.64 bits per heavy atom. The van der Waals surface area contributed by atoms with Crippen molar-refractivity contribution in [1.29, 1.82) is 0 Å². The predicted molar refractivity (Wildman–Crippen MR) is 112 cm³/mol. The molecule has 1 aromatic heterocycles. The van der Waals surface area contributed by atoms with Crippen molar-refractivity contribution < 1.29 is 9.48 Å². The highest BCUT2D eigenvalue weighted by Crippen LogP contribution is 2.37. The Bertz CT molecular complexity index is 1110. The number of aromatic nitrogens is 3. The summed E-state index contributed by atoms with van der Waals surface area (Å²) >= 11 is 4.91. The second kappa shape index (κ2) is 7.52. The first-order valence-electron chi connectivity index (χ1n) is 8.85. The topological polar surface area (TPSA) is 69.9 Å². The third-order valence-corrected chi connectivity index (χ3v) is 5.82. The van der Waals surface area contributed by atoms with Crippen molar-refractivity contribution in [3.63, 3.8) is 0 Å². The van der Waals surface area contributed by atoms with Gasteiger partial charge in [0.05, 0.1) is 11.3 Å². The zero-order chi connectivity index (χ0) is 19.8. The number of H-pyrrole nitrogens is 1. The molecule has 28 heavy (non-hydrogen) atoms. The van der Waals surface area contributed by atoms with Gasteiger partial charge >= 0.3 is 11.3 Å². The molecule has 0 unspecified atom stereocenters. The van der Waals surface area contributed by atoms with Crippen LogP contribution in [0.25, 0.3) is 11.3 Å². The minimum atomic E-state index is -0.547. The SMILES string of the molecule is CCSc1n[n+]2c(c(=O)[nH]1)-c1ccccc1N(C(C)=O)[C@@H]2c1ccc(Br)cc1. The molecule has 1 amide bonds. The van der Waals surface area contributed by atoms with Gasteiger partial charge in [0, 0.05) is 22.1 Å². The third-order valence-electron chi connectivity index (χ3n) is 4.55. The molecule has 1 atom stereocenters. The maximum atomic E-state index is 13.0. The van der Waals surface area contributed by atoms with E-state index in [-0.39, 0.29) is 11.5 Å². The highest BCUT2D eigenvalue weighted by Gasteiger charge is 2.44. The average Bonchev–Trinajstić information content (AvgIpc) is 2.67. The first-order chi connectivity index (χ1) is 13.5. The first kappa shape index (κ1) is 18.9. The van der Waals surface area contributed by atoms with Crippen LogP contribution in [0.5, 0.6) is 0 Å². The van der Waals surface area contributed by atoms with Crippen LogP contribution in [0.3, 0.4) is 0 Å². The Hall–Kier alpha value is -2.45. The number of aromatic amines is 1. The summed E-state index contributed by atoms with van der Waals surface area (Å²) in [6.45, 7) is 3.53. The number of halogens is 1. The molecule has 0 saturated heterocycles. The van der Waals surface area contributed by atoms with Crippen LogP contribution in [0.2, 0.25) is 0 Å². The molecular weight excluding hydrogens is 440 g/mol. The van der Waals surface area contributed by atoms with Gasteiger partial charge in [-0.1, -0.05) is 46.7 Å². The van der Waals surface area contributed by atoms with Gasteiger partial charge in [-0.2, -0.15) is 0 Å². The molecule has 142 valence electrons. The number of nitrogens with one attached hydrogen (secondary N) is 1. The van der Waals surface area contributed by atoms with Crippen LogP contribution < -0.4 is 15.1 Å². The molecule has 1 N–H and O–H groups in total. The minimum Gasteiger partial charge on any atom is -0.291 e. The molecule has 8 heteroatoms. The van der Waals surface area contributed by atoms with Crippen molar-refractivity contribution in [3.8, 4) is 11.3 Å². The second-order valence-corrected chi connectivity index (χ2v) is 8.49. The van der Waals surface area contributed by atoms with E-state index in [1.807, 2.05) is 55.5 Å². The Morgan fingerprint density at radius 1 is 1.25 bits per heavy atom. The number of thioether (sulfide) groups is 1. The number of anilines is 1. The number of benzene rings is 2. The lowest BCUT2D eigenvalue weighted by molar-refractivity contribution is -0.763. The van der Waals surface area contributed by atoms with Gasteiger partial charge in [-0.05, 0) is 46.8 Å². The summed E-state index contributed by atoms with van der Waals surface area (Å²) in [6, 6.07) is 15.1. The Labute approximate surface area is 174 Å². The van der Waals surface area contributed by atoms with Gasteiger partial charge in [0.2, 0.25) is 11.1 Å². The Balaban J connectivity index is 2.06. The van der Waals surface area contributed by atoms with Crippen LogP contribution in [0.1, 0.15) is 25.6 Å². The third kappa shape index (κ3) is 3.16. The number of nitrogens with zero attached hydrogens (tertiary/aromatic N) is 3. The first-order valence-corrected chi connectivity index (χ1v) is 10.6. The van der Waals surface area contributed by atoms with Crippen LogP contribution in [0.15, 0.2) is 63.0 Å². The highest BCUT2D eigenvalue weighted by atomic mass is 79.9. The summed E-state index contributed by atoms with van der Waals surface area (Å²) in [5, 5.41) is 5.22. The van der Waals surface area contributed by atoms with Gasteiger partial charge in [-0.3, -0.25) is 14.6 Å². The molecule has 0 radical (unpaired) electrons. The van der Waals surface area contributed by atoms with Gasteiger partial charge in [-0.25, -0.2) is 4.90 Å². The summed E-state index contributed by atoms with van der Waals surface area (Å²) in [7, 11) is 0. The van der Waals surface area contributed by atoms with E-state index in [1.54, 1.807) is 9.58 Å². The molecule has 0 bridgehead atoms. The maximum absolute atomic E-state index is 13.0. The number of carbonyl (C=O) groups is 1. The molecule has 0 aliphatic carbocycles. The lowest BCUT2D eigenvalue weighted by Gasteiger charge is -2.31. The predicted octanol–water partition coefficient (Wildman–Crippen LogP) is 3.51. The lowest BCUT2D eigenvalue weighted by Crippen LogP contribution is -2.60. The quantitative estimate of drug-likeness (QED) is 0.482. The Morgan fingerprint density at radius 2 is 1.96 bits per heavy atom. The maximum Gasteiger partial charge on any atom is 0.325 e. The molecule has 1 aliphatic rings. The second-order valence-electron chi connectivity index (χ2n) is 6.32. The fraction of sp³-hybridized carbons (Fsp3) is 0.200. The van der Waals surface area contributed by atoms with Crippen molar-refractivity contribution in [3.05, 3.63) is 68.9 Å². The summed E-state index contributed by atoms with van der Waals surface area (Å²) in [5.74, 6) is 0.656. The van der Waals surface area contributed by atoms with E-state index in [4.69, 9.17) is 5.10 Å². The molecule has 6 nitrogen and oxygen atoms in total. The normalized spacial score (nSPS) is 15.1. The minimum absolute atomic E-state index is 0.120. The van der Waals surface area contributed by atoms with Crippen molar-refractivity contribution >= 4 is 39.3 Å². The van der Waals surface area contributed by atoms with Gasteiger partial charge < -0.3 is 0 Å². The van der Waals surface area contributed by atoms with Gasteiger partial charge in [0.15, 0.2) is 0 Å². The van der Waals surface area contributed by atoms with Crippen LogP contribution in [-0.4, -0.2) is 21.7 Å². The molecule has 4 rings (SSSR count). The van der Waals surface area contributed by atoms with Crippen molar-refractivity contribution in [2.45, 2.75) is 25.2 Å². The van der Waals surface area contributed by atoms with E-state index in [2.05, 4.69) is 20.9 Å². The summed E-state index contributed by atoms with van der Waals surface area (Å²) in [5.41, 5.74) is 2.48. The van der Waals surface area contributed by atoms with Crippen molar-refractivity contribution in [2.75, 3.05) is 10.7 Å². The smallest absolute Gasteiger partial charge is 0.291 e. The molecule has 0 fully saturated rings. The van der Waals surface area contributed by atoms with Crippen LogP contribution in [0, 0.1) is 0 Å². The summed E-state index contributed by atoms with van der Waals surface area (Å²) in [4.78, 5) is 30.3. The fourth-order valence-electron chi connectivity index (χ4n) is 3.45. The number of amides is 1. The highest BCUT2D eigenvalue weighted by molar-refractivity contribution is 9.10. The van der Waals surface area contributed by atoms with E-state index in [9.17, 15) is 9.59 Å². The van der Waals surface area contributed by atoms with E-state index >= 15 is 0 Å². The number of fused-ring (bicyclic) bond motifs is 3. The van der Waals surface area contributed by atoms with E-state index in [1.165, 1.54) is 18.7 Å². The number of rotatable bonds is 3. The molecule has 1 aliphatic heterocycles. The largest absolute Gasteiger partial charge is 0.325 e. The van der Waals surface area contributed by atoms with Crippen LogP contribution >= 0.6 is 27.7 Å². The molecule has 0 saturated carbocycles.